The highest BCUT2D eigenvalue weighted by Crippen LogP contribution is 2.06. The van der Waals surface area contributed by atoms with Crippen LogP contribution in [0, 0.1) is 0 Å². The van der Waals surface area contributed by atoms with Crippen LogP contribution in [0.25, 0.3) is 0 Å². The number of nitrogens with one attached hydrogen (secondary N) is 4. The molecule has 0 saturated carbocycles. The van der Waals surface area contributed by atoms with Gasteiger partial charge in [0.15, 0.2) is 0 Å². The van der Waals surface area contributed by atoms with E-state index >= 15 is 0 Å². The first-order chi connectivity index (χ1) is 19.6. The summed E-state index contributed by atoms with van der Waals surface area (Å²) in [5, 5.41) is 45.0. The molecule has 0 saturated heterocycles. The van der Waals surface area contributed by atoms with Crippen molar-refractivity contribution in [3.63, 3.8) is 0 Å². The third kappa shape index (κ3) is 16.1. The van der Waals surface area contributed by atoms with Gasteiger partial charge in [-0.1, -0.05) is 6.42 Å². The number of carboxylic acid groups (broad SMARTS) is 4. The van der Waals surface area contributed by atoms with E-state index in [9.17, 15) is 43.5 Å². The van der Waals surface area contributed by atoms with Gasteiger partial charge in [0.1, 0.15) is 24.2 Å². The number of rotatable bonds is 22. The molecule has 5 atom stereocenters. The van der Waals surface area contributed by atoms with E-state index in [1.165, 1.54) is 6.92 Å². The van der Waals surface area contributed by atoms with Gasteiger partial charge in [0, 0.05) is 19.3 Å². The molecule has 4 amide bonds. The number of carbonyl (C=O) groups is 8. The highest BCUT2D eigenvalue weighted by atomic mass is 16.4. The van der Waals surface area contributed by atoms with Crippen molar-refractivity contribution in [1.82, 2.24) is 21.3 Å². The van der Waals surface area contributed by atoms with Gasteiger partial charge in [0.25, 0.3) is 0 Å². The van der Waals surface area contributed by atoms with Crippen molar-refractivity contribution in [1.29, 1.82) is 0 Å². The molecule has 238 valence electrons. The molecule has 0 heterocycles. The summed E-state index contributed by atoms with van der Waals surface area (Å²) in [5.74, 6) is -9.21. The number of hydrogen-bond acceptors (Lipinski definition) is 10. The van der Waals surface area contributed by atoms with Crippen molar-refractivity contribution in [2.24, 2.45) is 11.5 Å². The number of amides is 4. The molecule has 0 spiro atoms. The zero-order chi connectivity index (χ0) is 32.4. The van der Waals surface area contributed by atoms with E-state index in [2.05, 4.69) is 21.3 Å². The number of hydrogen-bond donors (Lipinski definition) is 10. The first kappa shape index (κ1) is 37.7. The zero-order valence-corrected chi connectivity index (χ0v) is 23.2. The van der Waals surface area contributed by atoms with E-state index in [0.29, 0.717) is 19.4 Å². The second-order valence-electron chi connectivity index (χ2n) is 9.44. The summed E-state index contributed by atoms with van der Waals surface area (Å²) >= 11 is 0. The van der Waals surface area contributed by atoms with Crippen LogP contribution >= 0.6 is 0 Å². The van der Waals surface area contributed by atoms with E-state index in [1.807, 2.05) is 0 Å². The molecule has 0 aliphatic rings. The minimum Gasteiger partial charge on any atom is -0.481 e. The summed E-state index contributed by atoms with van der Waals surface area (Å²) in [5.41, 5.74) is 11.2. The molecule has 0 aromatic heterocycles. The van der Waals surface area contributed by atoms with Crippen LogP contribution in [-0.4, -0.2) is 105 Å². The van der Waals surface area contributed by atoms with Crippen molar-refractivity contribution >= 4 is 47.5 Å². The topological polar surface area (TPSA) is 318 Å². The van der Waals surface area contributed by atoms with Crippen LogP contribution in [0.1, 0.15) is 64.7 Å². The lowest BCUT2D eigenvalue weighted by Crippen LogP contribution is -2.58. The molecule has 0 unspecified atom stereocenters. The lowest BCUT2D eigenvalue weighted by atomic mass is 10.1. The average Bonchev–Trinajstić information content (AvgIpc) is 2.89. The van der Waals surface area contributed by atoms with E-state index < -0.39 is 110 Å². The Bertz CT molecular complexity index is 991. The predicted molar refractivity (Wildman–Crippen MR) is 143 cm³/mol. The lowest BCUT2D eigenvalue weighted by molar-refractivity contribution is -0.143. The minimum atomic E-state index is -1.57. The van der Waals surface area contributed by atoms with Crippen LogP contribution < -0.4 is 32.7 Å². The van der Waals surface area contributed by atoms with Crippen molar-refractivity contribution in [3.05, 3.63) is 0 Å². The van der Waals surface area contributed by atoms with Gasteiger partial charge in [-0.05, 0) is 45.6 Å². The maximum atomic E-state index is 13.0. The number of nitrogens with two attached hydrogens (primary N) is 2. The Balaban J connectivity index is 5.61. The second kappa shape index (κ2) is 19.7. The Kier molecular flexibility index (Phi) is 17.7. The SMILES string of the molecule is C[C@H](NC(=O)[C@H](CCC(=O)O)NC(=O)[C@H](CCC(=O)O)NC(=O)[C@@H](N)CCCCN)C(=O)N[C@@H](CCC(=O)O)C(=O)O. The summed E-state index contributed by atoms with van der Waals surface area (Å²) in [7, 11) is 0. The number of unbranched alkanes of at least 4 members (excludes halogenated alkanes) is 1. The van der Waals surface area contributed by atoms with Crippen LogP contribution in [0.3, 0.4) is 0 Å². The summed E-state index contributed by atoms with van der Waals surface area (Å²) < 4.78 is 0. The van der Waals surface area contributed by atoms with Crippen LogP contribution in [0.2, 0.25) is 0 Å². The highest BCUT2D eigenvalue weighted by Gasteiger charge is 2.31. The predicted octanol–water partition coefficient (Wildman–Crippen LogP) is -2.92. The Morgan fingerprint density at radius 1 is 0.571 bits per heavy atom. The Morgan fingerprint density at radius 3 is 1.40 bits per heavy atom. The minimum absolute atomic E-state index is 0.235. The molecule has 0 bridgehead atoms. The summed E-state index contributed by atoms with van der Waals surface area (Å²) in [6, 6.07) is -7.03. The van der Waals surface area contributed by atoms with Gasteiger partial charge in [-0.25, -0.2) is 4.79 Å². The Morgan fingerprint density at radius 2 is 0.976 bits per heavy atom. The first-order valence-electron chi connectivity index (χ1n) is 13.1. The largest absolute Gasteiger partial charge is 0.481 e. The van der Waals surface area contributed by atoms with Gasteiger partial charge in [0.05, 0.1) is 6.04 Å². The quantitative estimate of drug-likeness (QED) is 0.0554. The number of carbonyl (C=O) groups excluding carboxylic acids is 4. The normalized spacial score (nSPS) is 14.3. The van der Waals surface area contributed by atoms with Gasteiger partial charge in [0.2, 0.25) is 23.6 Å². The third-order valence-electron chi connectivity index (χ3n) is 5.88. The Labute approximate surface area is 240 Å². The van der Waals surface area contributed by atoms with E-state index in [1.54, 1.807) is 0 Å². The van der Waals surface area contributed by atoms with Crippen molar-refractivity contribution < 1.29 is 58.8 Å². The fourth-order valence-electron chi connectivity index (χ4n) is 3.47. The second-order valence-corrected chi connectivity index (χ2v) is 9.44. The van der Waals surface area contributed by atoms with Gasteiger partial charge in [-0.15, -0.1) is 0 Å². The molecule has 18 heteroatoms. The molecular weight excluding hydrogens is 564 g/mol. The van der Waals surface area contributed by atoms with Crippen LogP contribution in [0.4, 0.5) is 0 Å². The fraction of sp³-hybridized carbons (Fsp3) is 0.667. The highest BCUT2D eigenvalue weighted by molar-refractivity contribution is 5.95. The van der Waals surface area contributed by atoms with Crippen molar-refractivity contribution in [2.45, 2.75) is 94.9 Å². The molecule has 18 nitrogen and oxygen atoms in total. The summed E-state index contributed by atoms with van der Waals surface area (Å²) in [6.07, 6.45) is -1.64. The van der Waals surface area contributed by atoms with Gasteiger partial charge in [-0.2, -0.15) is 0 Å². The van der Waals surface area contributed by atoms with Crippen LogP contribution in [-0.2, 0) is 38.4 Å². The molecule has 0 fully saturated rings. The summed E-state index contributed by atoms with van der Waals surface area (Å²) in [4.78, 5) is 95.1. The third-order valence-corrected chi connectivity index (χ3v) is 5.88. The zero-order valence-electron chi connectivity index (χ0n) is 23.2. The number of carboxylic acids is 4. The van der Waals surface area contributed by atoms with E-state index in [4.69, 9.17) is 26.8 Å². The van der Waals surface area contributed by atoms with Crippen LogP contribution in [0.15, 0.2) is 0 Å². The van der Waals surface area contributed by atoms with Gasteiger partial charge in [-0.3, -0.25) is 33.6 Å². The molecule has 12 N–H and O–H groups in total. The molecule has 0 aliphatic heterocycles. The lowest BCUT2D eigenvalue weighted by Gasteiger charge is -2.25. The first-order valence-corrected chi connectivity index (χ1v) is 13.1. The smallest absolute Gasteiger partial charge is 0.326 e. The van der Waals surface area contributed by atoms with Crippen LogP contribution in [0.5, 0.6) is 0 Å². The van der Waals surface area contributed by atoms with Crippen molar-refractivity contribution in [3.8, 4) is 0 Å². The van der Waals surface area contributed by atoms with E-state index in [-0.39, 0.29) is 12.8 Å². The molecule has 0 aromatic carbocycles. The standard InChI is InChI=1S/C24H40N6O12/c1-12(20(37)30-16(24(41)42)7-10-19(35)36)27-22(39)14(5-8-17(31)32)29-23(40)15(6-9-18(33)34)28-21(38)13(26)4-2-3-11-25/h12-16H,2-11,25-26H2,1H3,(H,27,39)(H,28,38)(H,29,40)(H,30,37)(H,31,32)(H,33,34)(H,35,36)(H,41,42)/t12-,13-,14-,15-,16-/m0/s1. The molecule has 0 aliphatic carbocycles. The van der Waals surface area contributed by atoms with Crippen molar-refractivity contribution in [2.75, 3.05) is 6.54 Å². The molecule has 0 rings (SSSR count). The summed E-state index contributed by atoms with van der Waals surface area (Å²) in [6.45, 7) is 1.55. The Hall–Kier alpha value is -4.32. The fourth-order valence-corrected chi connectivity index (χ4v) is 3.47. The molecule has 0 radical (unpaired) electrons. The average molecular weight is 605 g/mol. The maximum absolute atomic E-state index is 13.0. The van der Waals surface area contributed by atoms with E-state index in [0.717, 1.165) is 0 Å². The van der Waals surface area contributed by atoms with Gasteiger partial charge < -0.3 is 53.2 Å². The monoisotopic (exact) mass is 604 g/mol. The molecule has 42 heavy (non-hydrogen) atoms. The molecular formula is C24H40N6O12. The molecule has 0 aromatic rings. The van der Waals surface area contributed by atoms with Gasteiger partial charge >= 0.3 is 23.9 Å². The maximum Gasteiger partial charge on any atom is 0.326 e. The number of aliphatic carboxylic acids is 4.